The SMILES string of the molecule is CC(C)(C(N)Cc1ccc(Br)s1)N1CCOCC1. The van der Waals surface area contributed by atoms with Crippen molar-refractivity contribution in [2.45, 2.75) is 31.8 Å². The summed E-state index contributed by atoms with van der Waals surface area (Å²) < 4.78 is 6.58. The van der Waals surface area contributed by atoms with Crippen molar-refractivity contribution in [3.05, 3.63) is 20.8 Å². The van der Waals surface area contributed by atoms with Crippen molar-refractivity contribution in [3.63, 3.8) is 0 Å². The first-order chi connectivity index (χ1) is 8.50. The molecule has 1 aromatic rings. The molecule has 2 heterocycles. The second-order valence-electron chi connectivity index (χ2n) is 5.27. The maximum Gasteiger partial charge on any atom is 0.0701 e. The summed E-state index contributed by atoms with van der Waals surface area (Å²) in [7, 11) is 0. The number of hydrogen-bond donors (Lipinski definition) is 1. The van der Waals surface area contributed by atoms with Gasteiger partial charge in [-0.15, -0.1) is 11.3 Å². The van der Waals surface area contributed by atoms with Crippen molar-refractivity contribution in [2.75, 3.05) is 26.3 Å². The third-order valence-electron chi connectivity index (χ3n) is 3.78. The summed E-state index contributed by atoms with van der Waals surface area (Å²) in [6, 6.07) is 4.39. The summed E-state index contributed by atoms with van der Waals surface area (Å²) in [4.78, 5) is 3.79. The van der Waals surface area contributed by atoms with Crippen molar-refractivity contribution in [1.82, 2.24) is 4.90 Å². The first kappa shape index (κ1) is 14.5. The van der Waals surface area contributed by atoms with E-state index in [1.807, 2.05) is 0 Å². The first-order valence-corrected chi connectivity index (χ1v) is 7.93. The first-order valence-electron chi connectivity index (χ1n) is 6.33. The average Bonchev–Trinajstić information content (AvgIpc) is 2.76. The summed E-state index contributed by atoms with van der Waals surface area (Å²) in [6.45, 7) is 8.09. The highest BCUT2D eigenvalue weighted by Gasteiger charge is 2.34. The van der Waals surface area contributed by atoms with E-state index in [0.29, 0.717) is 0 Å². The van der Waals surface area contributed by atoms with Crippen LogP contribution in [0, 0.1) is 0 Å². The Balaban J connectivity index is 1.99. The number of nitrogens with two attached hydrogens (primary N) is 1. The molecule has 102 valence electrons. The Kier molecular flexibility index (Phi) is 4.83. The molecular formula is C13H21BrN2OS. The van der Waals surface area contributed by atoms with Gasteiger partial charge in [-0.3, -0.25) is 4.90 Å². The Labute approximate surface area is 121 Å². The van der Waals surface area contributed by atoms with E-state index in [4.69, 9.17) is 10.5 Å². The number of halogens is 1. The number of thiophene rings is 1. The smallest absolute Gasteiger partial charge is 0.0701 e. The minimum atomic E-state index is 0.0141. The van der Waals surface area contributed by atoms with E-state index in [2.05, 4.69) is 46.8 Å². The highest BCUT2D eigenvalue weighted by Crippen LogP contribution is 2.27. The lowest BCUT2D eigenvalue weighted by atomic mass is 9.90. The second kappa shape index (κ2) is 6.01. The topological polar surface area (TPSA) is 38.5 Å². The molecule has 18 heavy (non-hydrogen) atoms. The van der Waals surface area contributed by atoms with Gasteiger partial charge in [0, 0.05) is 29.5 Å². The molecule has 1 aliphatic heterocycles. The second-order valence-corrected chi connectivity index (χ2v) is 7.82. The molecule has 5 heteroatoms. The van der Waals surface area contributed by atoms with Gasteiger partial charge in [-0.05, 0) is 48.3 Å². The molecule has 0 aliphatic carbocycles. The van der Waals surface area contributed by atoms with Crippen LogP contribution < -0.4 is 5.73 Å². The lowest BCUT2D eigenvalue weighted by Crippen LogP contribution is -2.59. The molecule has 3 nitrogen and oxygen atoms in total. The molecule has 0 bridgehead atoms. The molecule has 2 rings (SSSR count). The fourth-order valence-corrected chi connectivity index (χ4v) is 3.84. The van der Waals surface area contributed by atoms with Crippen LogP contribution in [0.3, 0.4) is 0 Å². The number of ether oxygens (including phenoxy) is 1. The monoisotopic (exact) mass is 332 g/mol. The number of morpholine rings is 1. The summed E-state index contributed by atoms with van der Waals surface area (Å²) in [6.07, 6.45) is 0.931. The van der Waals surface area contributed by atoms with Gasteiger partial charge in [0.1, 0.15) is 0 Å². The van der Waals surface area contributed by atoms with E-state index in [1.165, 1.54) is 8.66 Å². The van der Waals surface area contributed by atoms with Crippen molar-refractivity contribution in [2.24, 2.45) is 5.73 Å². The summed E-state index contributed by atoms with van der Waals surface area (Å²) in [5.74, 6) is 0. The molecule has 1 aromatic heterocycles. The van der Waals surface area contributed by atoms with Crippen LogP contribution in [0.1, 0.15) is 18.7 Å². The number of rotatable bonds is 4. The Morgan fingerprint density at radius 1 is 1.44 bits per heavy atom. The van der Waals surface area contributed by atoms with Crippen LogP contribution in [0.15, 0.2) is 15.9 Å². The van der Waals surface area contributed by atoms with Crippen LogP contribution in [0.25, 0.3) is 0 Å². The van der Waals surface area contributed by atoms with Crippen LogP contribution >= 0.6 is 27.3 Å². The van der Waals surface area contributed by atoms with Gasteiger partial charge in [-0.1, -0.05) is 0 Å². The Hall–Kier alpha value is 0.0600. The summed E-state index contributed by atoms with van der Waals surface area (Å²) >= 11 is 5.27. The third-order valence-corrected chi connectivity index (χ3v) is 5.43. The van der Waals surface area contributed by atoms with E-state index in [9.17, 15) is 0 Å². The van der Waals surface area contributed by atoms with Crippen LogP contribution in [0.4, 0.5) is 0 Å². The van der Waals surface area contributed by atoms with Gasteiger partial charge in [0.15, 0.2) is 0 Å². The highest BCUT2D eigenvalue weighted by molar-refractivity contribution is 9.11. The third kappa shape index (κ3) is 3.33. The van der Waals surface area contributed by atoms with Crippen molar-refractivity contribution in [1.29, 1.82) is 0 Å². The lowest BCUT2D eigenvalue weighted by Gasteiger charge is -2.44. The molecule has 1 unspecified atom stereocenters. The Morgan fingerprint density at radius 2 is 2.11 bits per heavy atom. The van der Waals surface area contributed by atoms with Gasteiger partial charge in [0.25, 0.3) is 0 Å². The van der Waals surface area contributed by atoms with Crippen LogP contribution in [-0.2, 0) is 11.2 Å². The molecule has 0 amide bonds. The fraction of sp³-hybridized carbons (Fsp3) is 0.692. The van der Waals surface area contributed by atoms with Gasteiger partial charge in [0.2, 0.25) is 0 Å². The highest BCUT2D eigenvalue weighted by atomic mass is 79.9. The number of hydrogen-bond acceptors (Lipinski definition) is 4. The van der Waals surface area contributed by atoms with E-state index in [1.54, 1.807) is 11.3 Å². The normalized spacial score (nSPS) is 20.0. The fourth-order valence-electron chi connectivity index (χ4n) is 2.30. The summed E-state index contributed by atoms with van der Waals surface area (Å²) in [5.41, 5.74) is 6.45. The van der Waals surface area contributed by atoms with Gasteiger partial charge < -0.3 is 10.5 Å². The van der Waals surface area contributed by atoms with Gasteiger partial charge in [-0.25, -0.2) is 0 Å². The molecule has 2 N–H and O–H groups in total. The zero-order chi connectivity index (χ0) is 13.2. The molecule has 0 spiro atoms. The zero-order valence-corrected chi connectivity index (χ0v) is 13.4. The van der Waals surface area contributed by atoms with E-state index < -0.39 is 0 Å². The molecule has 0 aromatic carbocycles. The van der Waals surface area contributed by atoms with Gasteiger partial charge >= 0.3 is 0 Å². The van der Waals surface area contributed by atoms with Crippen LogP contribution in [0.2, 0.25) is 0 Å². The quantitative estimate of drug-likeness (QED) is 0.920. The van der Waals surface area contributed by atoms with Gasteiger partial charge in [-0.2, -0.15) is 0 Å². The molecule has 1 aliphatic rings. The number of nitrogens with zero attached hydrogens (tertiary/aromatic N) is 1. The van der Waals surface area contributed by atoms with E-state index in [0.717, 1.165) is 32.7 Å². The largest absolute Gasteiger partial charge is 0.379 e. The lowest BCUT2D eigenvalue weighted by molar-refractivity contribution is -0.0185. The Bertz CT molecular complexity index is 388. The maximum atomic E-state index is 6.43. The van der Waals surface area contributed by atoms with E-state index >= 15 is 0 Å². The van der Waals surface area contributed by atoms with Gasteiger partial charge in [0.05, 0.1) is 17.0 Å². The maximum absolute atomic E-state index is 6.43. The Morgan fingerprint density at radius 3 is 2.67 bits per heavy atom. The molecule has 1 fully saturated rings. The van der Waals surface area contributed by atoms with Crippen LogP contribution in [0.5, 0.6) is 0 Å². The minimum Gasteiger partial charge on any atom is -0.379 e. The molecule has 1 saturated heterocycles. The van der Waals surface area contributed by atoms with Crippen molar-refractivity contribution in [3.8, 4) is 0 Å². The summed E-state index contributed by atoms with van der Waals surface area (Å²) in [5, 5.41) is 0. The minimum absolute atomic E-state index is 0.0141. The predicted octanol–water partition coefficient (Wildman–Crippen LogP) is 2.49. The molecule has 0 radical (unpaired) electrons. The molecule has 1 atom stereocenters. The predicted molar refractivity (Wildman–Crippen MR) is 80.2 cm³/mol. The zero-order valence-electron chi connectivity index (χ0n) is 11.0. The average molecular weight is 333 g/mol. The van der Waals surface area contributed by atoms with Crippen molar-refractivity contribution >= 4 is 27.3 Å². The van der Waals surface area contributed by atoms with Crippen LogP contribution in [-0.4, -0.2) is 42.8 Å². The molecular weight excluding hydrogens is 312 g/mol. The van der Waals surface area contributed by atoms with E-state index in [-0.39, 0.29) is 11.6 Å². The standard InChI is InChI=1S/C13H21BrN2OS/c1-13(2,16-5-7-17-8-6-16)11(15)9-10-3-4-12(14)18-10/h3-4,11H,5-9,15H2,1-2H3. The molecule has 0 saturated carbocycles. The van der Waals surface area contributed by atoms with Crippen molar-refractivity contribution < 1.29 is 4.74 Å².